The Morgan fingerprint density at radius 2 is 1.74 bits per heavy atom. The quantitative estimate of drug-likeness (QED) is 0.320. The number of imidazole rings is 1. The van der Waals surface area contributed by atoms with Crippen molar-refractivity contribution in [3.8, 4) is 0 Å². The van der Waals surface area contributed by atoms with Gasteiger partial charge in [0.15, 0.2) is 17.0 Å². The van der Waals surface area contributed by atoms with Gasteiger partial charge in [0.25, 0.3) is 0 Å². The third-order valence-electron chi connectivity index (χ3n) is 7.60. The van der Waals surface area contributed by atoms with Crippen LogP contribution in [0.1, 0.15) is 64.7 Å². The first-order chi connectivity index (χ1) is 18.3. The van der Waals surface area contributed by atoms with Gasteiger partial charge in [0.05, 0.1) is 17.1 Å². The summed E-state index contributed by atoms with van der Waals surface area (Å²) in [6, 6.07) is 6.49. The molecule has 0 saturated heterocycles. The van der Waals surface area contributed by atoms with Gasteiger partial charge in [-0.15, -0.1) is 0 Å². The number of nitrogens with zero attached hydrogens (tertiary/aromatic N) is 4. The van der Waals surface area contributed by atoms with Crippen molar-refractivity contribution >= 4 is 44.5 Å². The Bertz CT molecular complexity index is 1380. The average molecular weight is 541 g/mol. The van der Waals surface area contributed by atoms with Crippen LogP contribution in [0.15, 0.2) is 35.5 Å². The highest BCUT2D eigenvalue weighted by Gasteiger charge is 2.30. The third kappa shape index (κ3) is 5.75. The molecule has 2 heterocycles. The summed E-state index contributed by atoms with van der Waals surface area (Å²) in [5.74, 6) is 0.303. The Morgan fingerprint density at radius 3 is 2.45 bits per heavy atom. The highest BCUT2D eigenvalue weighted by molar-refractivity contribution is 7.89. The largest absolute Gasteiger partial charge is 0.369 e. The number of carbonyl (C=O) groups excluding carboxylic acids is 1. The van der Waals surface area contributed by atoms with Gasteiger partial charge in [-0.05, 0) is 56.9 Å². The van der Waals surface area contributed by atoms with Crippen LogP contribution in [-0.4, -0.2) is 45.9 Å². The van der Waals surface area contributed by atoms with E-state index in [0.29, 0.717) is 35.2 Å². The van der Waals surface area contributed by atoms with E-state index in [2.05, 4.69) is 25.3 Å². The second-order valence-corrected chi connectivity index (χ2v) is 12.0. The van der Waals surface area contributed by atoms with E-state index in [4.69, 9.17) is 10.7 Å². The van der Waals surface area contributed by atoms with Crippen LogP contribution in [0.3, 0.4) is 0 Å². The molecule has 11 nitrogen and oxygen atoms in total. The zero-order valence-electron chi connectivity index (χ0n) is 21.7. The third-order valence-corrected chi connectivity index (χ3v) is 9.14. The molecule has 0 unspecified atom stereocenters. The molecular formula is C26H36N8O3S. The topological polar surface area (TPSA) is 157 Å². The number of sulfonamides is 1. The van der Waals surface area contributed by atoms with Crippen LogP contribution in [0, 0.1) is 5.92 Å². The summed E-state index contributed by atoms with van der Waals surface area (Å²) in [6.45, 7) is 2.69. The first-order valence-electron chi connectivity index (χ1n) is 13.5. The number of rotatable bonds is 9. The number of aromatic nitrogens is 4. The normalized spacial score (nSPS) is 20.9. The number of amides is 1. The molecule has 0 spiro atoms. The molecule has 5 rings (SSSR count). The minimum atomic E-state index is -3.59. The number of fused-ring (bicyclic) bond motifs is 1. The number of nitrogens with two attached hydrogens (primary N) is 1. The molecule has 2 aliphatic carbocycles. The van der Waals surface area contributed by atoms with E-state index < -0.39 is 10.0 Å². The van der Waals surface area contributed by atoms with Gasteiger partial charge in [0.2, 0.25) is 21.9 Å². The van der Waals surface area contributed by atoms with Gasteiger partial charge in [0, 0.05) is 24.3 Å². The monoisotopic (exact) mass is 540 g/mol. The number of primary amides is 1. The van der Waals surface area contributed by atoms with Crippen molar-refractivity contribution in [2.75, 3.05) is 10.6 Å². The van der Waals surface area contributed by atoms with Crippen molar-refractivity contribution in [2.45, 2.75) is 88.2 Å². The maximum Gasteiger partial charge on any atom is 0.240 e. The molecule has 5 N–H and O–H groups in total. The van der Waals surface area contributed by atoms with E-state index in [-0.39, 0.29) is 28.8 Å². The van der Waals surface area contributed by atoms with Gasteiger partial charge in [-0.2, -0.15) is 9.97 Å². The molecule has 2 fully saturated rings. The van der Waals surface area contributed by atoms with E-state index in [0.717, 1.165) is 57.8 Å². The standard InChI is InChI=1S/C26H36N8O3S/c1-2-34-16-28-22-24(31-26(32-25(22)34)30-21-11-7-6-10-20(21)23(27)35)29-17-12-14-19(15-13-17)38(36,37)33-18-8-4-3-5-9-18/h12-16,18,20-21,33H,2-11H2,1H3,(H2,27,35)(H2,29,30,31,32)/t20-,21+/m1/s1. The highest BCUT2D eigenvalue weighted by Crippen LogP contribution is 2.29. The smallest absolute Gasteiger partial charge is 0.240 e. The predicted molar refractivity (Wildman–Crippen MR) is 146 cm³/mol. The van der Waals surface area contributed by atoms with Gasteiger partial charge in [-0.25, -0.2) is 18.1 Å². The van der Waals surface area contributed by atoms with Crippen LogP contribution in [0.5, 0.6) is 0 Å². The predicted octanol–water partition coefficient (Wildman–Crippen LogP) is 3.66. The lowest BCUT2D eigenvalue weighted by atomic mass is 9.84. The highest BCUT2D eigenvalue weighted by atomic mass is 32.2. The molecule has 2 aliphatic rings. The minimum absolute atomic E-state index is 0.00113. The van der Waals surface area contributed by atoms with Crippen LogP contribution in [-0.2, 0) is 21.4 Å². The van der Waals surface area contributed by atoms with Gasteiger partial charge in [-0.1, -0.05) is 32.1 Å². The fourth-order valence-electron chi connectivity index (χ4n) is 5.50. The summed E-state index contributed by atoms with van der Waals surface area (Å²) in [7, 11) is -3.59. The van der Waals surface area contributed by atoms with Crippen LogP contribution >= 0.6 is 0 Å². The minimum Gasteiger partial charge on any atom is -0.369 e. The molecule has 2 atom stereocenters. The zero-order chi connectivity index (χ0) is 26.7. The summed E-state index contributed by atoms with van der Waals surface area (Å²) < 4.78 is 30.5. The van der Waals surface area contributed by atoms with Crippen molar-refractivity contribution in [3.63, 3.8) is 0 Å². The van der Waals surface area contributed by atoms with Crippen molar-refractivity contribution in [1.82, 2.24) is 24.2 Å². The van der Waals surface area contributed by atoms with Gasteiger partial charge in [0.1, 0.15) is 0 Å². The molecule has 204 valence electrons. The first-order valence-corrected chi connectivity index (χ1v) is 15.0. The number of hydrogen-bond acceptors (Lipinski definition) is 8. The van der Waals surface area contributed by atoms with Crippen molar-refractivity contribution in [1.29, 1.82) is 0 Å². The number of hydrogen-bond donors (Lipinski definition) is 4. The molecule has 2 aromatic heterocycles. The van der Waals surface area contributed by atoms with E-state index in [1.165, 1.54) is 0 Å². The van der Waals surface area contributed by atoms with Gasteiger partial charge >= 0.3 is 0 Å². The molecule has 3 aromatic rings. The molecule has 1 amide bonds. The van der Waals surface area contributed by atoms with Crippen LogP contribution in [0.4, 0.5) is 17.5 Å². The maximum atomic E-state index is 12.9. The van der Waals surface area contributed by atoms with E-state index in [9.17, 15) is 13.2 Å². The lowest BCUT2D eigenvalue weighted by Gasteiger charge is -2.30. The number of nitrogens with one attached hydrogen (secondary N) is 3. The summed E-state index contributed by atoms with van der Waals surface area (Å²) in [6.07, 6.45) is 10.3. The fraction of sp³-hybridized carbons (Fsp3) is 0.538. The molecule has 0 radical (unpaired) electrons. The molecular weight excluding hydrogens is 504 g/mol. The van der Waals surface area contributed by atoms with Crippen molar-refractivity contribution in [2.24, 2.45) is 11.7 Å². The van der Waals surface area contributed by atoms with Crippen LogP contribution < -0.4 is 21.1 Å². The van der Waals surface area contributed by atoms with Crippen LogP contribution in [0.25, 0.3) is 11.2 Å². The summed E-state index contributed by atoms with van der Waals surface area (Å²) in [5, 5.41) is 6.63. The van der Waals surface area contributed by atoms with Gasteiger partial charge in [-0.3, -0.25) is 4.79 Å². The zero-order valence-corrected chi connectivity index (χ0v) is 22.5. The van der Waals surface area contributed by atoms with Crippen molar-refractivity contribution in [3.05, 3.63) is 30.6 Å². The van der Waals surface area contributed by atoms with E-state index in [1.807, 2.05) is 11.5 Å². The lowest BCUT2D eigenvalue weighted by Crippen LogP contribution is -2.40. The lowest BCUT2D eigenvalue weighted by molar-refractivity contribution is -0.122. The van der Waals surface area contributed by atoms with Crippen molar-refractivity contribution < 1.29 is 13.2 Å². The summed E-state index contributed by atoms with van der Waals surface area (Å²) in [5.41, 5.74) is 7.60. The number of aryl methyl sites for hydroxylation is 1. The Morgan fingerprint density at radius 1 is 1.03 bits per heavy atom. The Hall–Kier alpha value is -3.25. The maximum absolute atomic E-state index is 12.9. The Balaban J connectivity index is 1.38. The van der Waals surface area contributed by atoms with Crippen LogP contribution in [0.2, 0.25) is 0 Å². The number of anilines is 3. The first kappa shape index (κ1) is 26.4. The summed E-state index contributed by atoms with van der Waals surface area (Å²) >= 11 is 0. The molecule has 0 aliphatic heterocycles. The SMILES string of the molecule is CCn1cnc2c(Nc3ccc(S(=O)(=O)NC4CCCCC4)cc3)nc(N[C@H]3CCCC[C@H]3C(N)=O)nc21. The number of benzene rings is 1. The fourth-order valence-corrected chi connectivity index (χ4v) is 6.80. The second kappa shape index (κ2) is 11.2. The Labute approximate surface area is 223 Å². The molecule has 2 saturated carbocycles. The Kier molecular flexibility index (Phi) is 7.80. The molecule has 38 heavy (non-hydrogen) atoms. The molecule has 0 bridgehead atoms. The molecule has 12 heteroatoms. The average Bonchev–Trinajstić information content (AvgIpc) is 3.33. The van der Waals surface area contributed by atoms with E-state index in [1.54, 1.807) is 30.6 Å². The second-order valence-electron chi connectivity index (χ2n) is 10.2. The van der Waals surface area contributed by atoms with Gasteiger partial charge < -0.3 is 20.9 Å². The summed E-state index contributed by atoms with van der Waals surface area (Å²) in [4.78, 5) is 26.1. The molecule has 1 aromatic carbocycles. The van der Waals surface area contributed by atoms with E-state index >= 15 is 0 Å². The number of carbonyl (C=O) groups is 1.